The molecule has 0 aliphatic carbocycles. The van der Waals surface area contributed by atoms with Gasteiger partial charge in [-0.3, -0.25) is 19.1 Å². The first-order valence-electron chi connectivity index (χ1n) is 10.2. The molecular formula is C24H29K2N3O5S. The Morgan fingerprint density at radius 1 is 1.03 bits per heavy atom. The summed E-state index contributed by atoms with van der Waals surface area (Å²) >= 11 is 0. The van der Waals surface area contributed by atoms with Gasteiger partial charge >= 0.3 is 108 Å². The summed E-state index contributed by atoms with van der Waals surface area (Å²) in [7, 11) is -1.75. The summed E-state index contributed by atoms with van der Waals surface area (Å²) in [5.74, 6) is 0.676. The van der Waals surface area contributed by atoms with Gasteiger partial charge in [0.15, 0.2) is 0 Å². The van der Waals surface area contributed by atoms with Crippen molar-refractivity contribution in [3.63, 3.8) is 0 Å². The van der Waals surface area contributed by atoms with E-state index in [0.29, 0.717) is 17.1 Å². The van der Waals surface area contributed by atoms with E-state index in [1.165, 1.54) is 16.8 Å². The molecule has 0 bridgehead atoms. The molecule has 2 aromatic carbocycles. The smallest absolute Gasteiger partial charge is 1.00 e. The third-order valence-electron chi connectivity index (χ3n) is 4.89. The second-order valence-corrected chi connectivity index (χ2v) is 10.4. The summed E-state index contributed by atoms with van der Waals surface area (Å²) in [6.07, 6.45) is 6.28. The van der Waals surface area contributed by atoms with Crippen molar-refractivity contribution in [1.82, 2.24) is 9.55 Å². The van der Waals surface area contributed by atoms with Gasteiger partial charge in [0.1, 0.15) is 5.75 Å². The number of ether oxygens (including phenoxy) is 1. The molecule has 35 heavy (non-hydrogen) atoms. The van der Waals surface area contributed by atoms with Gasteiger partial charge in [-0.05, 0) is 35.2 Å². The molecule has 0 radical (unpaired) electrons. The van der Waals surface area contributed by atoms with Crippen molar-refractivity contribution in [3.05, 3.63) is 86.2 Å². The van der Waals surface area contributed by atoms with Crippen LogP contribution in [0, 0.1) is 0 Å². The largest absolute Gasteiger partial charge is 1.00 e. The Balaban J connectivity index is 0. The minimum absolute atomic E-state index is 0. The third kappa shape index (κ3) is 9.18. The summed E-state index contributed by atoms with van der Waals surface area (Å²) < 4.78 is 32.3. The van der Waals surface area contributed by atoms with Gasteiger partial charge in [0.25, 0.3) is 5.56 Å². The van der Waals surface area contributed by atoms with Crippen LogP contribution in [0.3, 0.4) is 0 Å². The summed E-state index contributed by atoms with van der Waals surface area (Å²) in [6, 6.07) is 11.9. The maximum absolute atomic E-state index is 12.4. The third-order valence-corrected chi connectivity index (χ3v) is 5.49. The molecule has 3 aromatic rings. The number of nitrogens with one attached hydrogen (secondary N) is 2. The summed E-state index contributed by atoms with van der Waals surface area (Å²) in [6.45, 7) is 6.14. The number of hydrogen-bond acceptors (Lipinski definition) is 5. The molecule has 0 saturated carbocycles. The Bertz CT molecular complexity index is 1430. The Morgan fingerprint density at radius 3 is 2.17 bits per heavy atom. The molecule has 1 aromatic heterocycles. The average molecular weight is 550 g/mol. The predicted molar refractivity (Wildman–Crippen MR) is 134 cm³/mol. The van der Waals surface area contributed by atoms with Gasteiger partial charge in [0.05, 0.1) is 19.1 Å². The molecule has 0 spiro atoms. The first-order valence-corrected chi connectivity index (χ1v) is 12.1. The van der Waals surface area contributed by atoms with Crippen molar-refractivity contribution in [2.24, 2.45) is 0 Å². The average Bonchev–Trinajstić information content (AvgIpc) is 2.71. The molecule has 0 aliphatic rings. The summed E-state index contributed by atoms with van der Waals surface area (Å²) in [4.78, 5) is 26.2. The van der Waals surface area contributed by atoms with Crippen LogP contribution in [-0.2, 0) is 15.4 Å². The quantitative estimate of drug-likeness (QED) is 0.263. The molecule has 178 valence electrons. The van der Waals surface area contributed by atoms with Gasteiger partial charge in [-0.15, -0.1) is 0 Å². The summed E-state index contributed by atoms with van der Waals surface area (Å²) in [5, 5.41) is 0. The first kappa shape index (κ1) is 32.7. The minimum atomic E-state index is -3.34. The van der Waals surface area contributed by atoms with E-state index >= 15 is 0 Å². The van der Waals surface area contributed by atoms with Crippen LogP contribution >= 0.6 is 0 Å². The number of H-pyrrole nitrogens is 1. The topological polar surface area (TPSA) is 110 Å². The van der Waals surface area contributed by atoms with Crippen LogP contribution in [0.15, 0.2) is 58.3 Å². The van der Waals surface area contributed by atoms with Crippen molar-refractivity contribution in [2.45, 2.75) is 26.2 Å². The van der Waals surface area contributed by atoms with Crippen molar-refractivity contribution in [1.29, 1.82) is 0 Å². The van der Waals surface area contributed by atoms with Crippen LogP contribution in [0.1, 0.15) is 40.3 Å². The molecule has 11 heteroatoms. The number of benzene rings is 2. The number of nitrogens with zero attached hydrogens (tertiary/aromatic N) is 1. The number of anilines is 1. The Hall–Kier alpha value is -0.317. The molecule has 3 rings (SSSR count). The van der Waals surface area contributed by atoms with Gasteiger partial charge in [0, 0.05) is 29.1 Å². The van der Waals surface area contributed by atoms with Crippen LogP contribution < -0.4 is 123 Å². The predicted octanol–water partition coefficient (Wildman–Crippen LogP) is -2.39. The van der Waals surface area contributed by atoms with Gasteiger partial charge in [0.2, 0.25) is 10.0 Å². The standard InChI is InChI=1S/C24H27N3O5S.2K.2H/c1-24(2,3)20-15-19(27-13-12-21(28)25-23(27)29)14-17(22(20)32-4)9-6-16-7-10-18(11-8-16)26-33(5,30)31;;;;/h6-15,26H,1-5H3,(H,25,28,29);;;;/q;2*+1;2*-1/b9-6+;;;;. The van der Waals surface area contributed by atoms with E-state index in [4.69, 9.17) is 4.74 Å². The zero-order chi connectivity index (χ0) is 24.4. The molecule has 1 heterocycles. The number of aromatic nitrogens is 2. The van der Waals surface area contributed by atoms with E-state index in [1.54, 1.807) is 31.4 Å². The van der Waals surface area contributed by atoms with E-state index in [0.717, 1.165) is 22.9 Å². The summed E-state index contributed by atoms with van der Waals surface area (Å²) in [5.41, 5.74) is 2.28. The first-order chi connectivity index (χ1) is 15.4. The van der Waals surface area contributed by atoms with Crippen molar-refractivity contribution < 1.29 is 119 Å². The van der Waals surface area contributed by atoms with Gasteiger partial charge in [-0.25, -0.2) is 13.2 Å². The monoisotopic (exact) mass is 549 g/mol. The van der Waals surface area contributed by atoms with Gasteiger partial charge in [-0.2, -0.15) is 0 Å². The van der Waals surface area contributed by atoms with Crippen molar-refractivity contribution >= 4 is 27.9 Å². The van der Waals surface area contributed by atoms with Crippen LogP contribution in [0.25, 0.3) is 17.8 Å². The second-order valence-electron chi connectivity index (χ2n) is 8.68. The molecule has 0 saturated heterocycles. The molecule has 8 nitrogen and oxygen atoms in total. The SMILES string of the molecule is COc1c(/C=C/c2ccc(NS(C)(=O)=O)cc2)cc(-n2ccc(=O)[nH]c2=O)cc1C(C)(C)C.[H-].[H-].[K+].[K+]. The van der Waals surface area contributed by atoms with E-state index in [2.05, 4.69) is 9.71 Å². The Kier molecular flexibility index (Phi) is 12.6. The molecule has 0 unspecified atom stereocenters. The normalized spacial score (nSPS) is 11.5. The number of sulfonamides is 1. The number of aromatic amines is 1. The van der Waals surface area contributed by atoms with E-state index in [1.807, 2.05) is 45.1 Å². The second kappa shape index (κ2) is 13.5. The van der Waals surface area contributed by atoms with Crippen molar-refractivity contribution in [2.75, 3.05) is 18.1 Å². The van der Waals surface area contributed by atoms with Crippen LogP contribution in [0.5, 0.6) is 5.75 Å². The number of methoxy groups -OCH3 is 1. The Morgan fingerprint density at radius 2 is 1.66 bits per heavy atom. The number of rotatable bonds is 6. The van der Waals surface area contributed by atoms with Crippen LogP contribution in [-0.4, -0.2) is 31.3 Å². The Labute approximate surface area is 293 Å². The maximum Gasteiger partial charge on any atom is 1.00 e. The molecule has 0 atom stereocenters. The van der Waals surface area contributed by atoms with E-state index in [-0.39, 0.29) is 111 Å². The molecule has 2 N–H and O–H groups in total. The molecule has 0 amide bonds. The fourth-order valence-electron chi connectivity index (χ4n) is 3.37. The molecule has 0 fully saturated rings. The minimum Gasteiger partial charge on any atom is -1.00 e. The zero-order valence-corrected chi connectivity index (χ0v) is 28.2. The van der Waals surface area contributed by atoms with Crippen molar-refractivity contribution in [3.8, 4) is 11.4 Å². The fraction of sp³-hybridized carbons (Fsp3) is 0.250. The van der Waals surface area contributed by atoms with E-state index < -0.39 is 21.3 Å². The van der Waals surface area contributed by atoms with Gasteiger partial charge in [-0.1, -0.05) is 45.1 Å². The fourth-order valence-corrected chi connectivity index (χ4v) is 3.93. The number of hydrogen-bond donors (Lipinski definition) is 2. The van der Waals surface area contributed by atoms with Gasteiger partial charge < -0.3 is 7.59 Å². The van der Waals surface area contributed by atoms with Crippen LogP contribution in [0.2, 0.25) is 0 Å². The van der Waals surface area contributed by atoms with E-state index in [9.17, 15) is 18.0 Å². The molecule has 0 aliphatic heterocycles. The maximum atomic E-state index is 12.4. The molecular weight excluding hydrogens is 521 g/mol. The zero-order valence-electron chi connectivity index (χ0n) is 23.2. The van der Waals surface area contributed by atoms with Crippen LogP contribution in [0.4, 0.5) is 5.69 Å².